The average molecular weight is 173 g/mol. The van der Waals surface area contributed by atoms with Gasteiger partial charge in [-0.2, -0.15) is 11.8 Å². The molecule has 0 aliphatic heterocycles. The first-order chi connectivity index (χ1) is 5.31. The number of hydrogen-bond donors (Lipinski definition) is 1. The third-order valence-corrected chi connectivity index (χ3v) is 2.86. The summed E-state index contributed by atoms with van der Waals surface area (Å²) < 4.78 is 0. The van der Waals surface area contributed by atoms with Crippen molar-refractivity contribution in [1.29, 1.82) is 0 Å². The van der Waals surface area contributed by atoms with E-state index in [0.717, 1.165) is 24.6 Å². The molecule has 0 radical (unpaired) electrons. The van der Waals surface area contributed by atoms with Crippen LogP contribution >= 0.6 is 11.8 Å². The molecule has 0 aliphatic carbocycles. The molecule has 2 N–H and O–H groups in total. The van der Waals surface area contributed by atoms with E-state index in [1.54, 1.807) is 0 Å². The van der Waals surface area contributed by atoms with Gasteiger partial charge in [0, 0.05) is 5.25 Å². The summed E-state index contributed by atoms with van der Waals surface area (Å²) in [6.07, 6.45) is 5.51. The lowest BCUT2D eigenvalue weighted by atomic mass is 10.3. The summed E-state index contributed by atoms with van der Waals surface area (Å²) in [6, 6.07) is 0. The van der Waals surface area contributed by atoms with Gasteiger partial charge in [0.1, 0.15) is 0 Å². The second kappa shape index (κ2) is 8.15. The lowest BCUT2D eigenvalue weighted by molar-refractivity contribution is 0.820. The number of nitrogens with two attached hydrogens (primary N) is 1. The Morgan fingerprint density at radius 1 is 1.64 bits per heavy atom. The SMILES string of the molecule is C=CCCCSC(C)CCN. The summed E-state index contributed by atoms with van der Waals surface area (Å²) in [5, 5.41) is 0.727. The van der Waals surface area contributed by atoms with Crippen molar-refractivity contribution >= 4 is 11.8 Å². The first-order valence-electron chi connectivity index (χ1n) is 4.23. The van der Waals surface area contributed by atoms with Crippen LogP contribution < -0.4 is 5.73 Å². The van der Waals surface area contributed by atoms with Gasteiger partial charge in [-0.15, -0.1) is 6.58 Å². The van der Waals surface area contributed by atoms with Crippen molar-refractivity contribution in [1.82, 2.24) is 0 Å². The minimum absolute atomic E-state index is 0.727. The van der Waals surface area contributed by atoms with Crippen molar-refractivity contribution in [2.75, 3.05) is 12.3 Å². The number of allylic oxidation sites excluding steroid dienone is 1. The lowest BCUT2D eigenvalue weighted by Crippen LogP contribution is -2.07. The van der Waals surface area contributed by atoms with Crippen LogP contribution in [0.15, 0.2) is 12.7 Å². The van der Waals surface area contributed by atoms with Crippen LogP contribution in [0.3, 0.4) is 0 Å². The van der Waals surface area contributed by atoms with E-state index in [2.05, 4.69) is 13.5 Å². The molecular weight excluding hydrogens is 154 g/mol. The van der Waals surface area contributed by atoms with E-state index in [1.165, 1.54) is 12.2 Å². The van der Waals surface area contributed by atoms with E-state index in [0.29, 0.717) is 0 Å². The molecular formula is C9H19NS. The van der Waals surface area contributed by atoms with E-state index in [-0.39, 0.29) is 0 Å². The number of hydrogen-bond acceptors (Lipinski definition) is 2. The zero-order valence-electron chi connectivity index (χ0n) is 7.38. The third kappa shape index (κ3) is 7.95. The molecule has 0 aromatic heterocycles. The minimum atomic E-state index is 0.727. The highest BCUT2D eigenvalue weighted by Crippen LogP contribution is 2.14. The van der Waals surface area contributed by atoms with E-state index < -0.39 is 0 Å². The van der Waals surface area contributed by atoms with Gasteiger partial charge >= 0.3 is 0 Å². The molecule has 0 aromatic carbocycles. The lowest BCUT2D eigenvalue weighted by Gasteiger charge is -2.07. The van der Waals surface area contributed by atoms with Crippen LogP contribution in [0.25, 0.3) is 0 Å². The van der Waals surface area contributed by atoms with Crippen molar-refractivity contribution < 1.29 is 0 Å². The standard InChI is InChI=1S/C9H19NS/c1-3-4-5-8-11-9(2)6-7-10/h3,9H,1,4-8,10H2,2H3. The molecule has 0 bridgehead atoms. The second-order valence-corrected chi connectivity index (χ2v) is 4.24. The van der Waals surface area contributed by atoms with Gasteiger partial charge in [0.05, 0.1) is 0 Å². The van der Waals surface area contributed by atoms with Gasteiger partial charge < -0.3 is 5.73 Å². The van der Waals surface area contributed by atoms with Crippen molar-refractivity contribution in [2.24, 2.45) is 5.73 Å². The van der Waals surface area contributed by atoms with E-state index in [4.69, 9.17) is 5.73 Å². The zero-order valence-corrected chi connectivity index (χ0v) is 8.20. The topological polar surface area (TPSA) is 26.0 Å². The molecule has 0 aliphatic rings. The van der Waals surface area contributed by atoms with Crippen LogP contribution in [0.5, 0.6) is 0 Å². The molecule has 0 amide bonds. The highest BCUT2D eigenvalue weighted by atomic mass is 32.2. The Bertz CT molecular complexity index is 93.6. The molecule has 0 fully saturated rings. The minimum Gasteiger partial charge on any atom is -0.330 e. The third-order valence-electron chi connectivity index (χ3n) is 1.53. The Kier molecular flexibility index (Phi) is 8.19. The molecule has 1 nitrogen and oxygen atoms in total. The molecule has 11 heavy (non-hydrogen) atoms. The van der Waals surface area contributed by atoms with Crippen LogP contribution in [0.4, 0.5) is 0 Å². The molecule has 1 unspecified atom stereocenters. The van der Waals surface area contributed by atoms with Gasteiger partial charge in [0.2, 0.25) is 0 Å². The zero-order chi connectivity index (χ0) is 8.53. The second-order valence-electron chi connectivity index (χ2n) is 2.69. The summed E-state index contributed by atoms with van der Waals surface area (Å²) in [7, 11) is 0. The van der Waals surface area contributed by atoms with Gasteiger partial charge in [-0.05, 0) is 31.6 Å². The molecule has 2 heteroatoms. The fourth-order valence-electron chi connectivity index (χ4n) is 0.830. The fourth-order valence-corrected chi connectivity index (χ4v) is 1.87. The molecule has 0 spiro atoms. The maximum atomic E-state index is 5.43. The van der Waals surface area contributed by atoms with Crippen LogP contribution in [0.1, 0.15) is 26.2 Å². The van der Waals surface area contributed by atoms with Crippen molar-refractivity contribution in [3.8, 4) is 0 Å². The smallest absolute Gasteiger partial charge is 0.00307 e. The van der Waals surface area contributed by atoms with Gasteiger partial charge in [-0.1, -0.05) is 13.0 Å². The van der Waals surface area contributed by atoms with Crippen molar-refractivity contribution in [3.63, 3.8) is 0 Å². The summed E-state index contributed by atoms with van der Waals surface area (Å²) in [6.45, 7) is 6.74. The number of rotatable bonds is 7. The molecule has 0 heterocycles. The monoisotopic (exact) mass is 173 g/mol. The van der Waals surface area contributed by atoms with E-state index in [9.17, 15) is 0 Å². The number of unbranched alkanes of at least 4 members (excludes halogenated alkanes) is 1. The predicted molar refractivity (Wildman–Crippen MR) is 55.0 cm³/mol. The summed E-state index contributed by atoms with van der Waals surface area (Å²) in [4.78, 5) is 0. The summed E-state index contributed by atoms with van der Waals surface area (Å²) in [5.41, 5.74) is 5.43. The Labute approximate surface area is 74.4 Å². The average Bonchev–Trinajstić information content (AvgIpc) is 1.99. The van der Waals surface area contributed by atoms with Crippen molar-refractivity contribution in [3.05, 3.63) is 12.7 Å². The Balaban J connectivity index is 3.03. The molecule has 0 aromatic rings. The first-order valence-corrected chi connectivity index (χ1v) is 5.28. The molecule has 1 atom stereocenters. The normalized spacial score (nSPS) is 12.9. The van der Waals surface area contributed by atoms with E-state index in [1.807, 2.05) is 17.8 Å². The Morgan fingerprint density at radius 2 is 2.36 bits per heavy atom. The molecule has 0 saturated heterocycles. The van der Waals surface area contributed by atoms with Crippen molar-refractivity contribution in [2.45, 2.75) is 31.4 Å². The summed E-state index contributed by atoms with van der Waals surface area (Å²) >= 11 is 2.01. The Morgan fingerprint density at radius 3 is 2.91 bits per heavy atom. The fraction of sp³-hybridized carbons (Fsp3) is 0.778. The molecule has 66 valence electrons. The highest BCUT2D eigenvalue weighted by Gasteiger charge is 1.98. The maximum Gasteiger partial charge on any atom is 0.00307 e. The van der Waals surface area contributed by atoms with Crippen LogP contribution in [-0.4, -0.2) is 17.5 Å². The highest BCUT2D eigenvalue weighted by molar-refractivity contribution is 7.99. The predicted octanol–water partition coefficient (Wildman–Crippen LogP) is 2.42. The Hall–Kier alpha value is 0.0500. The van der Waals surface area contributed by atoms with Gasteiger partial charge in [-0.25, -0.2) is 0 Å². The number of thioether (sulfide) groups is 1. The first kappa shape index (κ1) is 11.1. The van der Waals surface area contributed by atoms with Gasteiger partial charge in [-0.3, -0.25) is 0 Å². The summed E-state index contributed by atoms with van der Waals surface area (Å²) in [5.74, 6) is 1.24. The van der Waals surface area contributed by atoms with Gasteiger partial charge in [0.25, 0.3) is 0 Å². The quantitative estimate of drug-likeness (QED) is 0.472. The van der Waals surface area contributed by atoms with E-state index >= 15 is 0 Å². The largest absolute Gasteiger partial charge is 0.330 e. The molecule has 0 rings (SSSR count). The maximum absolute atomic E-state index is 5.43. The molecule has 0 saturated carbocycles. The van der Waals surface area contributed by atoms with Crippen LogP contribution in [0.2, 0.25) is 0 Å². The van der Waals surface area contributed by atoms with Crippen LogP contribution in [-0.2, 0) is 0 Å². The van der Waals surface area contributed by atoms with Gasteiger partial charge in [0.15, 0.2) is 0 Å². The van der Waals surface area contributed by atoms with Crippen LogP contribution in [0, 0.1) is 0 Å².